The maximum Gasteiger partial charge on any atom is 0.269 e. The zero-order valence-electron chi connectivity index (χ0n) is 14.4. The van der Waals surface area contributed by atoms with Crippen molar-refractivity contribution in [1.82, 2.24) is 10.3 Å². The maximum atomic E-state index is 12.4. The molecule has 0 aliphatic carbocycles. The first-order valence-corrected chi connectivity index (χ1v) is 8.32. The number of ether oxygens (including phenoxy) is 1. The van der Waals surface area contributed by atoms with Gasteiger partial charge in [0.05, 0.1) is 23.8 Å². The molecule has 2 aromatic carbocycles. The van der Waals surface area contributed by atoms with Gasteiger partial charge in [0.15, 0.2) is 0 Å². The van der Waals surface area contributed by atoms with E-state index in [4.69, 9.17) is 4.74 Å². The molecule has 3 rings (SSSR count). The van der Waals surface area contributed by atoms with Crippen LogP contribution in [0, 0.1) is 10.1 Å². The Morgan fingerprint density at radius 2 is 1.56 bits per heavy atom. The Hall–Kier alpha value is -3.46. The van der Waals surface area contributed by atoms with Crippen molar-refractivity contribution < 1.29 is 19.2 Å². The summed E-state index contributed by atoms with van der Waals surface area (Å²) in [6, 6.07) is 12.0. The molecule has 1 fully saturated rings. The van der Waals surface area contributed by atoms with Gasteiger partial charge in [-0.2, -0.15) is 0 Å². The number of nitrogens with one attached hydrogen (secondary N) is 2. The molecule has 0 spiro atoms. The minimum Gasteiger partial charge on any atom is -0.378 e. The summed E-state index contributed by atoms with van der Waals surface area (Å²) in [5.41, 5.74) is 6.61. The molecule has 2 aromatic rings. The van der Waals surface area contributed by atoms with Gasteiger partial charge in [-0.25, -0.2) is 0 Å². The SMILES string of the molecule is O=C(NNc1ccc(C(=O)N2CCOCC2)cc1)c1ccc([N+](=O)[O-])cc1. The zero-order valence-corrected chi connectivity index (χ0v) is 14.4. The first-order chi connectivity index (χ1) is 13.0. The van der Waals surface area contributed by atoms with Crippen molar-refractivity contribution in [3.63, 3.8) is 0 Å². The molecule has 2 amide bonds. The highest BCUT2D eigenvalue weighted by Gasteiger charge is 2.18. The van der Waals surface area contributed by atoms with E-state index in [0.29, 0.717) is 37.6 Å². The van der Waals surface area contributed by atoms with Crippen molar-refractivity contribution in [2.24, 2.45) is 0 Å². The van der Waals surface area contributed by atoms with Crippen molar-refractivity contribution in [2.75, 3.05) is 31.7 Å². The summed E-state index contributed by atoms with van der Waals surface area (Å²) in [6.07, 6.45) is 0. The summed E-state index contributed by atoms with van der Waals surface area (Å²) in [6.45, 7) is 2.23. The van der Waals surface area contributed by atoms with Crippen LogP contribution in [-0.2, 0) is 4.74 Å². The Morgan fingerprint density at radius 3 is 2.15 bits per heavy atom. The second-order valence-electron chi connectivity index (χ2n) is 5.87. The van der Waals surface area contributed by atoms with E-state index in [0.717, 1.165) is 0 Å². The van der Waals surface area contributed by atoms with Gasteiger partial charge in [-0.3, -0.25) is 30.6 Å². The second kappa shape index (κ2) is 8.28. The number of nitrogens with zero attached hydrogens (tertiary/aromatic N) is 2. The van der Waals surface area contributed by atoms with E-state index < -0.39 is 10.8 Å². The molecule has 9 nitrogen and oxygen atoms in total. The summed E-state index contributed by atoms with van der Waals surface area (Å²) in [5, 5.41) is 10.6. The average Bonchev–Trinajstić information content (AvgIpc) is 2.72. The Bertz CT molecular complexity index is 830. The van der Waals surface area contributed by atoms with Crippen molar-refractivity contribution in [3.8, 4) is 0 Å². The highest BCUT2D eigenvalue weighted by Crippen LogP contribution is 2.14. The number of morpholine rings is 1. The van der Waals surface area contributed by atoms with E-state index in [-0.39, 0.29) is 17.2 Å². The van der Waals surface area contributed by atoms with Crippen molar-refractivity contribution in [1.29, 1.82) is 0 Å². The van der Waals surface area contributed by atoms with E-state index in [1.807, 2.05) is 0 Å². The maximum absolute atomic E-state index is 12.4. The number of benzene rings is 2. The van der Waals surface area contributed by atoms with E-state index >= 15 is 0 Å². The number of hydrogen-bond donors (Lipinski definition) is 2. The molecule has 2 N–H and O–H groups in total. The first-order valence-electron chi connectivity index (χ1n) is 8.32. The predicted octanol–water partition coefficient (Wildman–Crippen LogP) is 1.82. The molecule has 1 aliphatic heterocycles. The van der Waals surface area contributed by atoms with Gasteiger partial charge in [0.25, 0.3) is 17.5 Å². The van der Waals surface area contributed by atoms with Crippen molar-refractivity contribution in [2.45, 2.75) is 0 Å². The molecule has 0 aromatic heterocycles. The van der Waals surface area contributed by atoms with Crippen LogP contribution in [-0.4, -0.2) is 47.9 Å². The molecular formula is C18H18N4O5. The first kappa shape index (κ1) is 18.3. The third-order valence-corrected chi connectivity index (χ3v) is 4.09. The molecule has 9 heteroatoms. The Labute approximate surface area is 155 Å². The largest absolute Gasteiger partial charge is 0.378 e. The topological polar surface area (TPSA) is 114 Å². The summed E-state index contributed by atoms with van der Waals surface area (Å²) in [4.78, 5) is 36.3. The predicted molar refractivity (Wildman–Crippen MR) is 97.3 cm³/mol. The summed E-state index contributed by atoms with van der Waals surface area (Å²) < 4.78 is 5.24. The van der Waals surface area contributed by atoms with Crippen LogP contribution in [0.25, 0.3) is 0 Å². The number of carbonyl (C=O) groups is 2. The fraction of sp³-hybridized carbons (Fsp3) is 0.222. The summed E-state index contributed by atoms with van der Waals surface area (Å²) in [7, 11) is 0. The van der Waals surface area contributed by atoms with Crippen LogP contribution in [0.4, 0.5) is 11.4 Å². The number of amides is 2. The average molecular weight is 370 g/mol. The van der Waals surface area contributed by atoms with Gasteiger partial charge in [0.1, 0.15) is 0 Å². The third kappa shape index (κ3) is 4.59. The number of carbonyl (C=O) groups excluding carboxylic acids is 2. The second-order valence-corrected chi connectivity index (χ2v) is 5.87. The van der Waals surface area contributed by atoms with Gasteiger partial charge in [-0.1, -0.05) is 0 Å². The van der Waals surface area contributed by atoms with E-state index in [1.54, 1.807) is 29.2 Å². The number of nitro groups is 1. The van der Waals surface area contributed by atoms with Gasteiger partial charge in [-0.15, -0.1) is 0 Å². The van der Waals surface area contributed by atoms with Crippen LogP contribution in [0.2, 0.25) is 0 Å². The van der Waals surface area contributed by atoms with Crippen LogP contribution in [0.1, 0.15) is 20.7 Å². The number of hydrogen-bond acceptors (Lipinski definition) is 6. The van der Waals surface area contributed by atoms with E-state index in [1.165, 1.54) is 24.3 Å². The van der Waals surface area contributed by atoms with Gasteiger partial charge in [0, 0.05) is 36.3 Å². The van der Waals surface area contributed by atoms with Crippen LogP contribution in [0.3, 0.4) is 0 Å². The lowest BCUT2D eigenvalue weighted by atomic mass is 10.1. The van der Waals surface area contributed by atoms with Crippen molar-refractivity contribution in [3.05, 3.63) is 69.8 Å². The molecule has 0 unspecified atom stereocenters. The molecule has 0 bridgehead atoms. The van der Waals surface area contributed by atoms with Crippen molar-refractivity contribution >= 4 is 23.2 Å². The highest BCUT2D eigenvalue weighted by atomic mass is 16.6. The number of hydrazine groups is 1. The third-order valence-electron chi connectivity index (χ3n) is 4.09. The Morgan fingerprint density at radius 1 is 0.963 bits per heavy atom. The lowest BCUT2D eigenvalue weighted by Gasteiger charge is -2.26. The molecule has 0 atom stereocenters. The molecule has 1 heterocycles. The fourth-order valence-corrected chi connectivity index (χ4v) is 2.58. The van der Waals surface area contributed by atoms with Gasteiger partial charge >= 0.3 is 0 Å². The van der Waals surface area contributed by atoms with Crippen LogP contribution in [0.15, 0.2) is 48.5 Å². The minimum absolute atomic E-state index is 0.0558. The molecule has 27 heavy (non-hydrogen) atoms. The molecular weight excluding hydrogens is 352 g/mol. The number of rotatable bonds is 5. The molecule has 140 valence electrons. The smallest absolute Gasteiger partial charge is 0.269 e. The molecule has 1 saturated heterocycles. The fourth-order valence-electron chi connectivity index (χ4n) is 2.58. The lowest BCUT2D eigenvalue weighted by molar-refractivity contribution is -0.384. The van der Waals surface area contributed by atoms with E-state index in [9.17, 15) is 19.7 Å². The number of non-ortho nitro benzene ring substituents is 1. The van der Waals surface area contributed by atoms with Crippen LogP contribution < -0.4 is 10.9 Å². The number of nitro benzene ring substituents is 1. The molecule has 1 aliphatic rings. The number of anilines is 1. The van der Waals surface area contributed by atoms with Gasteiger partial charge in [-0.05, 0) is 36.4 Å². The highest BCUT2D eigenvalue weighted by molar-refractivity contribution is 5.96. The molecule has 0 saturated carbocycles. The van der Waals surface area contributed by atoms with Crippen LogP contribution >= 0.6 is 0 Å². The summed E-state index contributed by atoms with van der Waals surface area (Å²) >= 11 is 0. The summed E-state index contributed by atoms with van der Waals surface area (Å²) in [5.74, 6) is -0.488. The minimum atomic E-state index is -0.528. The monoisotopic (exact) mass is 370 g/mol. The van der Waals surface area contributed by atoms with Crippen LogP contribution in [0.5, 0.6) is 0 Å². The van der Waals surface area contributed by atoms with Gasteiger partial charge < -0.3 is 9.64 Å². The Kier molecular flexibility index (Phi) is 5.62. The quantitative estimate of drug-likeness (QED) is 0.613. The lowest BCUT2D eigenvalue weighted by Crippen LogP contribution is -2.40. The molecule has 0 radical (unpaired) electrons. The normalized spacial score (nSPS) is 13.7. The van der Waals surface area contributed by atoms with E-state index in [2.05, 4.69) is 10.9 Å². The van der Waals surface area contributed by atoms with Gasteiger partial charge in [0.2, 0.25) is 0 Å². The standard InChI is InChI=1S/C18H18N4O5/c23-17(13-3-7-16(8-4-13)22(25)26)20-19-15-5-1-14(2-6-15)18(24)21-9-11-27-12-10-21/h1-8,19H,9-12H2,(H,20,23). The Balaban J connectivity index is 1.55. The zero-order chi connectivity index (χ0) is 19.2.